The number of hydrogen-bond donors (Lipinski definition) is 2. The van der Waals surface area contributed by atoms with E-state index < -0.39 is 15.6 Å². The summed E-state index contributed by atoms with van der Waals surface area (Å²) in [6.45, 7) is 0. The van der Waals surface area contributed by atoms with Crippen LogP contribution in [0.5, 0.6) is 0 Å². The minimum Gasteiger partial charge on any atom is -0.789 e. The van der Waals surface area contributed by atoms with E-state index in [1.165, 1.54) is 0 Å². The van der Waals surface area contributed by atoms with Gasteiger partial charge in [0, 0.05) is 0 Å². The van der Waals surface area contributed by atoms with E-state index >= 15 is 0 Å². The average molecular weight is 346 g/mol. The molecule has 14 heavy (non-hydrogen) atoms. The van der Waals surface area contributed by atoms with Crippen LogP contribution in [0, 0.1) is 0 Å². The SMILES string of the molecule is Cl.Cl.Cl.Cl.O=P([O-])([O-])OP(=O)(O)O.[Mg+2]. The Bertz CT molecular complexity index is 164. The molecular formula is H6Cl4MgO7P2. The summed E-state index contributed by atoms with van der Waals surface area (Å²) in [7, 11) is -10.7. The van der Waals surface area contributed by atoms with Crippen molar-refractivity contribution < 1.29 is 33.0 Å². The third kappa shape index (κ3) is 36.8. The van der Waals surface area contributed by atoms with Crippen LogP contribution in [0.2, 0.25) is 0 Å². The van der Waals surface area contributed by atoms with Gasteiger partial charge in [-0.25, -0.2) is 4.57 Å². The molecular weight excluding hydrogens is 340 g/mol. The summed E-state index contributed by atoms with van der Waals surface area (Å²) in [5.41, 5.74) is 0. The Kier molecular flexibility index (Phi) is 34.1. The third-order valence-electron chi connectivity index (χ3n) is 0.206. The molecule has 0 rings (SSSR count). The van der Waals surface area contributed by atoms with Crippen LogP contribution in [-0.4, -0.2) is 32.8 Å². The standard InChI is InChI=1S/4ClH.Mg.H4O7P2/c;;;;;1-8(2,3)7-9(4,5)6/h4*1H;;(H2,1,2,3)(H2,4,5,6)/q;;;;+2;/p-2. The van der Waals surface area contributed by atoms with Crippen molar-refractivity contribution in [2.45, 2.75) is 0 Å². The Balaban J connectivity index is -0.0000000320. The van der Waals surface area contributed by atoms with Crippen LogP contribution in [0.3, 0.4) is 0 Å². The molecule has 0 unspecified atom stereocenters. The Morgan fingerprint density at radius 3 is 1.14 bits per heavy atom. The Morgan fingerprint density at radius 1 is 0.929 bits per heavy atom. The molecule has 14 heteroatoms. The fraction of sp³-hybridized carbons (Fsp3) is 0. The fourth-order valence-corrected chi connectivity index (χ4v) is 1.17. The average Bonchev–Trinajstić information content (AvgIpc) is 1.14. The minimum atomic E-state index is -5.55. The van der Waals surface area contributed by atoms with Gasteiger partial charge >= 0.3 is 30.9 Å². The zero-order chi connectivity index (χ0) is 7.71. The second-order valence-electron chi connectivity index (χ2n) is 1.02. The Hall–Kier alpha value is 2.19. The van der Waals surface area contributed by atoms with E-state index in [1.54, 1.807) is 0 Å². The van der Waals surface area contributed by atoms with Crippen LogP contribution in [-0.2, 0) is 13.4 Å². The van der Waals surface area contributed by atoms with Crippen molar-refractivity contribution in [2.75, 3.05) is 0 Å². The maximum absolute atomic E-state index is 9.55. The van der Waals surface area contributed by atoms with E-state index in [2.05, 4.69) is 4.31 Å². The largest absolute Gasteiger partial charge is 2.00 e. The van der Waals surface area contributed by atoms with E-state index in [-0.39, 0.29) is 72.7 Å². The van der Waals surface area contributed by atoms with Crippen molar-refractivity contribution >= 4 is 88.3 Å². The van der Waals surface area contributed by atoms with Gasteiger partial charge in [0.05, 0.1) is 7.82 Å². The number of hydrogen-bond acceptors (Lipinski definition) is 5. The quantitative estimate of drug-likeness (QED) is 0.496. The number of phosphoric acid groups is 2. The third-order valence-corrected chi connectivity index (χ3v) is 1.86. The molecule has 0 fully saturated rings. The van der Waals surface area contributed by atoms with Gasteiger partial charge in [-0.05, 0) is 0 Å². The molecule has 0 saturated carbocycles. The summed E-state index contributed by atoms with van der Waals surface area (Å²) >= 11 is 0. The predicted octanol–water partition coefficient (Wildman–Crippen LogP) is -0.769. The predicted molar refractivity (Wildman–Crippen MR) is 55.5 cm³/mol. The van der Waals surface area contributed by atoms with Crippen molar-refractivity contribution in [3.05, 3.63) is 0 Å². The second-order valence-corrected chi connectivity index (χ2v) is 3.55. The summed E-state index contributed by atoms with van der Waals surface area (Å²) < 4.78 is 21.7. The summed E-state index contributed by atoms with van der Waals surface area (Å²) in [6, 6.07) is 0. The zero-order valence-corrected chi connectivity index (χ0v) is 12.6. The van der Waals surface area contributed by atoms with E-state index in [9.17, 15) is 18.9 Å². The van der Waals surface area contributed by atoms with Crippen LogP contribution in [0.1, 0.15) is 0 Å². The topological polar surface area (TPSA) is 130 Å². The normalized spacial score (nSPS) is 8.86. The van der Waals surface area contributed by atoms with Crippen LogP contribution < -0.4 is 9.79 Å². The molecule has 0 saturated heterocycles. The van der Waals surface area contributed by atoms with E-state index in [0.717, 1.165) is 0 Å². The summed E-state index contributed by atoms with van der Waals surface area (Å²) in [5.74, 6) is 0. The first-order chi connectivity index (χ1) is 3.71. The van der Waals surface area contributed by atoms with Crippen molar-refractivity contribution in [2.24, 2.45) is 0 Å². The molecule has 0 aliphatic rings. The van der Waals surface area contributed by atoms with Gasteiger partial charge in [-0.2, -0.15) is 0 Å². The molecule has 0 spiro atoms. The van der Waals surface area contributed by atoms with E-state index in [4.69, 9.17) is 9.79 Å². The smallest absolute Gasteiger partial charge is 0.789 e. The van der Waals surface area contributed by atoms with Crippen LogP contribution in [0.25, 0.3) is 0 Å². The maximum atomic E-state index is 9.55. The van der Waals surface area contributed by atoms with Gasteiger partial charge in [-0.15, -0.1) is 49.6 Å². The molecule has 0 aromatic carbocycles. The van der Waals surface area contributed by atoms with Gasteiger partial charge in [0.15, 0.2) is 0 Å². The molecule has 0 amide bonds. The van der Waals surface area contributed by atoms with E-state index in [0.29, 0.717) is 0 Å². The van der Waals surface area contributed by atoms with Crippen molar-refractivity contribution in [3.8, 4) is 0 Å². The molecule has 2 N–H and O–H groups in total. The van der Waals surface area contributed by atoms with Crippen LogP contribution in [0.15, 0.2) is 0 Å². The van der Waals surface area contributed by atoms with Gasteiger partial charge < -0.3 is 24.1 Å². The summed E-state index contributed by atoms with van der Waals surface area (Å²) in [5, 5.41) is 0. The van der Waals surface area contributed by atoms with Crippen molar-refractivity contribution in [1.29, 1.82) is 0 Å². The molecule has 0 radical (unpaired) electrons. The molecule has 0 bridgehead atoms. The van der Waals surface area contributed by atoms with Gasteiger partial charge in [0.25, 0.3) is 0 Å². The van der Waals surface area contributed by atoms with Gasteiger partial charge in [-0.1, -0.05) is 0 Å². The van der Waals surface area contributed by atoms with Gasteiger partial charge in [-0.3, -0.25) is 4.31 Å². The number of rotatable bonds is 2. The molecule has 0 atom stereocenters. The molecule has 0 aromatic rings. The molecule has 0 aromatic heterocycles. The molecule has 0 aliphatic carbocycles. The first kappa shape index (κ1) is 36.0. The molecule has 0 aliphatic heterocycles. The van der Waals surface area contributed by atoms with Crippen LogP contribution >= 0.6 is 65.3 Å². The monoisotopic (exact) mass is 344 g/mol. The molecule has 7 nitrogen and oxygen atoms in total. The zero-order valence-electron chi connectivity index (χ0n) is 6.17. The molecule has 0 heterocycles. The van der Waals surface area contributed by atoms with Crippen LogP contribution in [0.4, 0.5) is 0 Å². The first-order valence-electron chi connectivity index (χ1n) is 1.50. The van der Waals surface area contributed by atoms with Gasteiger partial charge in [0.2, 0.25) is 0 Å². The maximum Gasteiger partial charge on any atom is 2.00 e. The van der Waals surface area contributed by atoms with Gasteiger partial charge in [0.1, 0.15) is 0 Å². The first-order valence-corrected chi connectivity index (χ1v) is 4.49. The fourth-order valence-electron chi connectivity index (χ4n) is 0.130. The summed E-state index contributed by atoms with van der Waals surface area (Å²) in [4.78, 5) is 34.1. The molecule has 88 valence electrons. The second kappa shape index (κ2) is 13.3. The Labute approximate surface area is 121 Å². The summed E-state index contributed by atoms with van der Waals surface area (Å²) in [6.07, 6.45) is 0. The Morgan fingerprint density at radius 2 is 1.14 bits per heavy atom. The minimum absolute atomic E-state index is 0. The van der Waals surface area contributed by atoms with E-state index in [1.807, 2.05) is 0 Å². The number of halogens is 4. The van der Waals surface area contributed by atoms with Crippen molar-refractivity contribution in [3.63, 3.8) is 0 Å². The van der Waals surface area contributed by atoms with Crippen molar-refractivity contribution in [1.82, 2.24) is 0 Å².